The van der Waals surface area contributed by atoms with Gasteiger partial charge < -0.3 is 10.2 Å². The fourth-order valence-corrected chi connectivity index (χ4v) is 8.56. The van der Waals surface area contributed by atoms with E-state index in [1.165, 1.54) is 43.7 Å². The summed E-state index contributed by atoms with van der Waals surface area (Å²) >= 11 is 6.24. The molecular weight excluding hydrogens is 471 g/mol. The number of amides is 1. The Morgan fingerprint density at radius 3 is 2.67 bits per heavy atom. The van der Waals surface area contributed by atoms with Gasteiger partial charge in [0.05, 0.1) is 18.5 Å². The number of nitrogens with zero attached hydrogens (tertiary/aromatic N) is 1. The average molecular weight is 510 g/mol. The molecular formula is C31H39ClFN2O+. The van der Waals surface area contributed by atoms with Crippen LogP contribution in [0.15, 0.2) is 42.5 Å². The van der Waals surface area contributed by atoms with Gasteiger partial charge in [0.15, 0.2) is 0 Å². The van der Waals surface area contributed by atoms with Crippen LogP contribution in [0.4, 0.5) is 4.39 Å². The number of benzene rings is 2. The maximum Gasteiger partial charge on any atom is 0.232 e. The Balaban J connectivity index is 1.32. The molecule has 192 valence electrons. The maximum absolute atomic E-state index is 15.5. The Morgan fingerprint density at radius 1 is 1.06 bits per heavy atom. The number of carbonyl (C=O) groups is 1. The van der Waals surface area contributed by atoms with Crippen molar-refractivity contribution in [1.29, 1.82) is 0 Å². The smallest absolute Gasteiger partial charge is 0.232 e. The van der Waals surface area contributed by atoms with Gasteiger partial charge in [0.25, 0.3) is 0 Å². The molecule has 6 rings (SSSR count). The van der Waals surface area contributed by atoms with E-state index in [2.05, 4.69) is 40.5 Å². The summed E-state index contributed by atoms with van der Waals surface area (Å²) in [4.78, 5) is 16.8. The van der Waals surface area contributed by atoms with Crippen LogP contribution < -0.4 is 5.32 Å². The van der Waals surface area contributed by atoms with Crippen LogP contribution in [0.25, 0.3) is 0 Å². The van der Waals surface area contributed by atoms with Crippen LogP contribution in [0.5, 0.6) is 0 Å². The number of rotatable bonds is 3. The number of likely N-dealkylation sites (tertiary alicyclic amines) is 1. The molecule has 36 heavy (non-hydrogen) atoms. The van der Waals surface area contributed by atoms with E-state index in [-0.39, 0.29) is 17.6 Å². The van der Waals surface area contributed by atoms with E-state index < -0.39 is 5.41 Å². The molecule has 0 bridgehead atoms. The van der Waals surface area contributed by atoms with Gasteiger partial charge in [-0.2, -0.15) is 0 Å². The topological polar surface area (TPSA) is 36.9 Å². The second-order valence-corrected chi connectivity index (χ2v) is 12.3. The molecule has 2 heterocycles. The van der Waals surface area contributed by atoms with Gasteiger partial charge in [-0.25, -0.2) is 4.39 Å². The zero-order valence-electron chi connectivity index (χ0n) is 21.2. The van der Waals surface area contributed by atoms with Crippen LogP contribution in [-0.2, 0) is 16.6 Å². The summed E-state index contributed by atoms with van der Waals surface area (Å²) in [5.41, 5.74) is 2.81. The third-order valence-corrected chi connectivity index (χ3v) is 10.2. The summed E-state index contributed by atoms with van der Waals surface area (Å²) in [5.74, 6) is 1.02. The first-order chi connectivity index (χ1) is 17.6. The van der Waals surface area contributed by atoms with Gasteiger partial charge in [-0.05, 0) is 80.0 Å². The third kappa shape index (κ3) is 4.28. The molecule has 1 saturated carbocycles. The first-order valence-electron chi connectivity index (χ1n) is 14.2. The largest absolute Gasteiger partial charge is 0.345 e. The van der Waals surface area contributed by atoms with Crippen LogP contribution in [0.3, 0.4) is 0 Å². The summed E-state index contributed by atoms with van der Waals surface area (Å²) in [6, 6.07) is 14.6. The van der Waals surface area contributed by atoms with Crippen molar-refractivity contribution in [2.45, 2.75) is 81.6 Å². The lowest BCUT2D eigenvalue weighted by molar-refractivity contribution is -0.640. The first-order valence-corrected chi connectivity index (χ1v) is 14.6. The van der Waals surface area contributed by atoms with Crippen molar-refractivity contribution in [2.24, 2.45) is 11.8 Å². The highest BCUT2D eigenvalue weighted by Crippen LogP contribution is 2.47. The molecule has 2 aliphatic heterocycles. The third-order valence-electron chi connectivity index (χ3n) is 9.97. The van der Waals surface area contributed by atoms with Crippen molar-refractivity contribution in [3.63, 3.8) is 0 Å². The summed E-state index contributed by atoms with van der Waals surface area (Å²) in [7, 11) is 0. The zero-order valence-corrected chi connectivity index (χ0v) is 22.0. The lowest BCUT2D eigenvalue weighted by Gasteiger charge is -2.47. The number of halogens is 2. The predicted octanol–water partition coefficient (Wildman–Crippen LogP) is 5.60. The number of carbonyl (C=O) groups excluding carboxylic acids is 1. The number of quaternary nitrogens is 1. The Labute approximate surface area is 219 Å². The average Bonchev–Trinajstić information content (AvgIpc) is 3.32. The highest BCUT2D eigenvalue weighted by Gasteiger charge is 2.56. The van der Waals surface area contributed by atoms with Crippen molar-refractivity contribution in [2.75, 3.05) is 19.6 Å². The summed E-state index contributed by atoms with van der Waals surface area (Å²) in [6.45, 7) is 2.38. The second kappa shape index (κ2) is 10.1. The highest BCUT2D eigenvalue weighted by atomic mass is 35.5. The number of hydrogen-bond acceptors (Lipinski definition) is 1. The van der Waals surface area contributed by atoms with Crippen molar-refractivity contribution in [1.82, 2.24) is 4.90 Å². The van der Waals surface area contributed by atoms with Gasteiger partial charge in [-0.3, -0.25) is 4.79 Å². The van der Waals surface area contributed by atoms with Gasteiger partial charge in [0.1, 0.15) is 11.7 Å². The molecule has 1 spiro atoms. The first kappa shape index (κ1) is 24.4. The molecule has 4 atom stereocenters. The predicted molar refractivity (Wildman–Crippen MR) is 142 cm³/mol. The van der Waals surface area contributed by atoms with Gasteiger partial charge in [-0.15, -0.1) is 0 Å². The molecule has 2 aliphatic carbocycles. The molecule has 2 aromatic rings. The van der Waals surface area contributed by atoms with Crippen LogP contribution in [0.2, 0.25) is 5.02 Å². The second-order valence-electron chi connectivity index (χ2n) is 11.8. The van der Waals surface area contributed by atoms with Gasteiger partial charge in [0, 0.05) is 23.2 Å². The van der Waals surface area contributed by atoms with Crippen LogP contribution >= 0.6 is 11.6 Å². The van der Waals surface area contributed by atoms with Crippen molar-refractivity contribution in [3.8, 4) is 0 Å². The molecule has 4 aliphatic rings. The van der Waals surface area contributed by atoms with Crippen molar-refractivity contribution < 1.29 is 14.5 Å². The number of fused-ring (bicyclic) bond motifs is 2. The molecule has 2 N–H and O–H groups in total. The lowest BCUT2D eigenvalue weighted by Crippen LogP contribution is -2.82. The molecule has 0 unspecified atom stereocenters. The van der Waals surface area contributed by atoms with E-state index in [1.54, 1.807) is 0 Å². The van der Waals surface area contributed by atoms with E-state index in [4.69, 9.17) is 11.6 Å². The van der Waals surface area contributed by atoms with Gasteiger partial charge >= 0.3 is 0 Å². The van der Waals surface area contributed by atoms with E-state index >= 15 is 4.39 Å². The van der Waals surface area contributed by atoms with Gasteiger partial charge in [-0.1, -0.05) is 61.2 Å². The molecule has 0 radical (unpaired) electrons. The van der Waals surface area contributed by atoms with E-state index in [0.717, 1.165) is 62.9 Å². The normalized spacial score (nSPS) is 30.9. The maximum atomic E-state index is 15.5. The molecule has 2 saturated heterocycles. The van der Waals surface area contributed by atoms with Crippen molar-refractivity contribution in [3.05, 3.63) is 70.0 Å². The quantitative estimate of drug-likeness (QED) is 0.574. The number of nitrogens with two attached hydrogens (primary N) is 1. The number of aryl methyl sites for hydroxylation is 1. The Hall–Kier alpha value is -1.91. The zero-order chi connectivity index (χ0) is 24.7. The molecule has 5 heteroatoms. The minimum absolute atomic E-state index is 0.161. The molecule has 2 aromatic carbocycles. The lowest BCUT2D eigenvalue weighted by atomic mass is 9.63. The van der Waals surface area contributed by atoms with Crippen molar-refractivity contribution >= 4 is 17.5 Å². The van der Waals surface area contributed by atoms with E-state index in [9.17, 15) is 4.79 Å². The fourth-order valence-electron chi connectivity index (χ4n) is 8.33. The monoisotopic (exact) mass is 509 g/mol. The minimum atomic E-state index is -0.410. The van der Waals surface area contributed by atoms with Crippen LogP contribution in [0.1, 0.15) is 80.4 Å². The fraction of sp³-hybridized carbons (Fsp3) is 0.581. The van der Waals surface area contributed by atoms with E-state index in [0.29, 0.717) is 22.9 Å². The van der Waals surface area contributed by atoms with E-state index in [1.807, 2.05) is 6.07 Å². The summed E-state index contributed by atoms with van der Waals surface area (Å²) in [6.07, 6.45) is 11.1. The van der Waals surface area contributed by atoms with Gasteiger partial charge in [0.2, 0.25) is 5.91 Å². The molecule has 3 nitrogen and oxygen atoms in total. The standard InChI is InChI=1S/C31H38ClFN2O/c32-25-16-24-12-7-14-31(29(24)27(33)18-25)20-34-19-26(31)30(36)35-15-13-23(21-8-3-1-4-9-21)17-28(35)22-10-5-2-6-11-22/h1,3-4,8-9,16,18,22-23,26,28,34H,2,5-7,10-15,17,19-20H2/p+1/t23-,26+,28+,31-/m1/s1. The Bertz CT molecular complexity index is 1100. The SMILES string of the molecule is O=C([C@@H]1C[NH2+]C[C@]12CCCc1cc(Cl)cc(F)c12)N1CC[C@@H](c2ccccc2)C[C@H]1C1CCCCC1. The summed E-state index contributed by atoms with van der Waals surface area (Å²) < 4.78 is 15.5. The van der Waals surface area contributed by atoms with Crippen LogP contribution in [-0.4, -0.2) is 36.5 Å². The molecule has 1 amide bonds. The summed E-state index contributed by atoms with van der Waals surface area (Å²) in [5, 5.41) is 2.73. The molecule has 3 fully saturated rings. The Morgan fingerprint density at radius 2 is 1.86 bits per heavy atom. The highest BCUT2D eigenvalue weighted by molar-refractivity contribution is 6.30. The molecule has 0 aromatic heterocycles. The number of hydrogen-bond donors (Lipinski definition) is 1. The Kier molecular flexibility index (Phi) is 6.85. The van der Waals surface area contributed by atoms with Crippen LogP contribution in [0, 0.1) is 17.7 Å². The number of piperidine rings is 1. The minimum Gasteiger partial charge on any atom is -0.345 e.